The highest BCUT2D eigenvalue weighted by molar-refractivity contribution is 5.94. The molecule has 0 radical (unpaired) electrons. The predicted molar refractivity (Wildman–Crippen MR) is 79.8 cm³/mol. The number of nitrogens with zero attached hydrogens (tertiary/aromatic N) is 3. The van der Waals surface area contributed by atoms with Crippen molar-refractivity contribution in [3.63, 3.8) is 0 Å². The number of aromatic nitrogens is 3. The summed E-state index contributed by atoms with van der Waals surface area (Å²) in [7, 11) is 1.84. The first-order chi connectivity index (χ1) is 10.3. The molecule has 2 rings (SSSR count). The molecule has 1 amide bonds. The average molecular weight is 302 g/mol. The molecule has 1 unspecified atom stereocenters. The maximum atomic E-state index is 12.2. The molecular weight excluding hydrogens is 284 g/mol. The molecule has 2 N–H and O–H groups in total. The minimum atomic E-state index is -1.06. The van der Waals surface area contributed by atoms with Gasteiger partial charge in [-0.15, -0.1) is 0 Å². The van der Waals surface area contributed by atoms with Gasteiger partial charge in [0.2, 0.25) is 0 Å². The Morgan fingerprint density at radius 1 is 1.32 bits per heavy atom. The van der Waals surface area contributed by atoms with Gasteiger partial charge in [-0.2, -0.15) is 5.10 Å². The first-order valence-corrected chi connectivity index (χ1v) is 6.81. The van der Waals surface area contributed by atoms with Gasteiger partial charge < -0.3 is 10.4 Å². The summed E-state index contributed by atoms with van der Waals surface area (Å²) in [5, 5.41) is 16.0. The summed E-state index contributed by atoms with van der Waals surface area (Å²) < 4.78 is 1.74. The normalized spacial score (nSPS) is 12.0. The largest absolute Gasteiger partial charge is 0.478 e. The van der Waals surface area contributed by atoms with E-state index >= 15 is 0 Å². The van der Waals surface area contributed by atoms with Crippen LogP contribution in [-0.2, 0) is 7.05 Å². The summed E-state index contributed by atoms with van der Waals surface area (Å²) in [6.07, 6.45) is 1.71. The number of aryl methyl sites for hydroxylation is 2. The molecular formula is C15H18N4O3. The lowest BCUT2D eigenvalue weighted by Gasteiger charge is -2.14. The zero-order chi connectivity index (χ0) is 16.4. The van der Waals surface area contributed by atoms with Gasteiger partial charge in [-0.3, -0.25) is 9.48 Å². The van der Waals surface area contributed by atoms with Crippen LogP contribution in [0.5, 0.6) is 0 Å². The number of carboxylic acids is 1. The Labute approximate surface area is 128 Å². The van der Waals surface area contributed by atoms with Gasteiger partial charge in [0.05, 0.1) is 23.5 Å². The molecule has 0 aliphatic rings. The number of rotatable bonds is 4. The highest BCUT2D eigenvalue weighted by Gasteiger charge is 2.18. The Kier molecular flexibility index (Phi) is 4.25. The summed E-state index contributed by atoms with van der Waals surface area (Å²) in [6, 6.07) is 2.58. The van der Waals surface area contributed by atoms with Gasteiger partial charge in [-0.05, 0) is 32.9 Å². The van der Waals surface area contributed by atoms with Crippen molar-refractivity contribution in [1.29, 1.82) is 0 Å². The van der Waals surface area contributed by atoms with Gasteiger partial charge in [-0.25, -0.2) is 9.78 Å². The fraction of sp³-hybridized carbons (Fsp3) is 0.333. The zero-order valence-corrected chi connectivity index (χ0v) is 12.9. The second-order valence-electron chi connectivity index (χ2n) is 5.14. The van der Waals surface area contributed by atoms with Crippen LogP contribution in [0.1, 0.15) is 50.8 Å². The highest BCUT2D eigenvalue weighted by atomic mass is 16.4. The molecule has 0 aliphatic heterocycles. The minimum Gasteiger partial charge on any atom is -0.478 e. The van der Waals surface area contributed by atoms with Crippen LogP contribution in [0.2, 0.25) is 0 Å². The number of hydrogen-bond acceptors (Lipinski definition) is 4. The van der Waals surface area contributed by atoms with Gasteiger partial charge in [0.1, 0.15) is 5.69 Å². The maximum absolute atomic E-state index is 12.2. The van der Waals surface area contributed by atoms with Gasteiger partial charge in [0, 0.05) is 18.3 Å². The smallest absolute Gasteiger partial charge is 0.337 e. The molecule has 2 heterocycles. The van der Waals surface area contributed by atoms with Crippen molar-refractivity contribution < 1.29 is 14.7 Å². The van der Waals surface area contributed by atoms with Crippen LogP contribution in [-0.4, -0.2) is 31.7 Å². The molecule has 0 saturated heterocycles. The number of pyridine rings is 1. The molecule has 0 saturated carbocycles. The van der Waals surface area contributed by atoms with E-state index < -0.39 is 5.97 Å². The lowest BCUT2D eigenvalue weighted by atomic mass is 10.1. The Morgan fingerprint density at radius 2 is 2.00 bits per heavy atom. The van der Waals surface area contributed by atoms with Crippen molar-refractivity contribution in [2.75, 3.05) is 0 Å². The molecule has 0 aliphatic carbocycles. The van der Waals surface area contributed by atoms with Crippen molar-refractivity contribution in [3.8, 4) is 0 Å². The Morgan fingerprint density at radius 3 is 2.50 bits per heavy atom. The lowest BCUT2D eigenvalue weighted by molar-refractivity contribution is 0.0694. The van der Waals surface area contributed by atoms with Crippen LogP contribution in [0.25, 0.3) is 0 Å². The summed E-state index contributed by atoms with van der Waals surface area (Å²) in [4.78, 5) is 27.2. The average Bonchev–Trinajstić information content (AvgIpc) is 2.78. The van der Waals surface area contributed by atoms with Crippen molar-refractivity contribution >= 4 is 11.9 Å². The molecule has 7 nitrogen and oxygen atoms in total. The fourth-order valence-electron chi connectivity index (χ4n) is 2.20. The van der Waals surface area contributed by atoms with Crippen LogP contribution in [0, 0.1) is 13.8 Å². The minimum absolute atomic E-state index is 0.0905. The first kappa shape index (κ1) is 15.7. The van der Waals surface area contributed by atoms with E-state index in [0.29, 0.717) is 5.69 Å². The van der Waals surface area contributed by atoms with E-state index in [2.05, 4.69) is 15.4 Å². The van der Waals surface area contributed by atoms with E-state index in [1.165, 1.54) is 12.1 Å². The van der Waals surface area contributed by atoms with E-state index in [1.807, 2.05) is 20.9 Å². The van der Waals surface area contributed by atoms with Crippen molar-refractivity contribution in [3.05, 3.63) is 46.5 Å². The Hall–Kier alpha value is -2.70. The number of carbonyl (C=O) groups excluding carboxylic acids is 1. The number of hydrogen-bond donors (Lipinski definition) is 2. The fourth-order valence-corrected chi connectivity index (χ4v) is 2.20. The van der Waals surface area contributed by atoms with Crippen molar-refractivity contribution in [2.45, 2.75) is 26.8 Å². The molecule has 1 atom stereocenters. The quantitative estimate of drug-likeness (QED) is 0.894. The van der Waals surface area contributed by atoms with E-state index in [1.54, 1.807) is 17.8 Å². The standard InChI is InChI=1S/C15H18N4O3/c1-8-11(15(21)22)5-6-13(17-8)14(20)18-9(2)12-7-16-19(4)10(12)3/h5-7,9H,1-4H3,(H,18,20)(H,21,22). The third-order valence-electron chi connectivity index (χ3n) is 3.64. The van der Waals surface area contributed by atoms with Crippen LogP contribution in [0.15, 0.2) is 18.3 Å². The Balaban J connectivity index is 2.17. The molecule has 0 spiro atoms. The molecule has 2 aromatic heterocycles. The van der Waals surface area contributed by atoms with Crippen LogP contribution < -0.4 is 5.32 Å². The van der Waals surface area contributed by atoms with Crippen LogP contribution in [0.4, 0.5) is 0 Å². The third kappa shape index (κ3) is 2.98. The second kappa shape index (κ2) is 5.97. The lowest BCUT2D eigenvalue weighted by Crippen LogP contribution is -2.28. The van der Waals surface area contributed by atoms with Crippen LogP contribution in [0.3, 0.4) is 0 Å². The number of amides is 1. The van der Waals surface area contributed by atoms with Gasteiger partial charge in [0.15, 0.2) is 0 Å². The van der Waals surface area contributed by atoms with Crippen LogP contribution >= 0.6 is 0 Å². The van der Waals surface area contributed by atoms with Gasteiger partial charge in [-0.1, -0.05) is 0 Å². The SMILES string of the molecule is Cc1nc(C(=O)NC(C)c2cnn(C)c2C)ccc1C(=O)O. The first-order valence-electron chi connectivity index (χ1n) is 6.81. The predicted octanol–water partition coefficient (Wildman–Crippen LogP) is 1.62. The molecule has 7 heteroatoms. The molecule has 22 heavy (non-hydrogen) atoms. The molecule has 116 valence electrons. The molecule has 2 aromatic rings. The number of carbonyl (C=O) groups is 2. The number of aromatic carboxylic acids is 1. The zero-order valence-electron chi connectivity index (χ0n) is 12.9. The van der Waals surface area contributed by atoms with Gasteiger partial charge in [0.25, 0.3) is 5.91 Å². The molecule has 0 fully saturated rings. The van der Waals surface area contributed by atoms with E-state index in [0.717, 1.165) is 11.3 Å². The summed E-state index contributed by atoms with van der Waals surface area (Å²) >= 11 is 0. The Bertz CT molecular complexity index is 736. The number of carboxylic acid groups (broad SMARTS) is 1. The second-order valence-corrected chi connectivity index (χ2v) is 5.14. The summed E-state index contributed by atoms with van der Waals surface area (Å²) in [5.74, 6) is -1.41. The van der Waals surface area contributed by atoms with E-state index in [4.69, 9.17) is 5.11 Å². The maximum Gasteiger partial charge on any atom is 0.337 e. The van der Waals surface area contributed by atoms with Crippen molar-refractivity contribution in [1.82, 2.24) is 20.1 Å². The molecule has 0 aromatic carbocycles. The summed E-state index contributed by atoms with van der Waals surface area (Å²) in [5.41, 5.74) is 2.49. The van der Waals surface area contributed by atoms with E-state index in [9.17, 15) is 9.59 Å². The topological polar surface area (TPSA) is 97.1 Å². The van der Waals surface area contributed by atoms with E-state index in [-0.39, 0.29) is 23.2 Å². The van der Waals surface area contributed by atoms with Crippen molar-refractivity contribution in [2.24, 2.45) is 7.05 Å². The highest BCUT2D eigenvalue weighted by Crippen LogP contribution is 2.16. The summed E-state index contributed by atoms with van der Waals surface area (Å²) in [6.45, 7) is 5.35. The third-order valence-corrected chi connectivity index (χ3v) is 3.64. The molecule has 0 bridgehead atoms. The number of nitrogens with one attached hydrogen (secondary N) is 1. The monoisotopic (exact) mass is 302 g/mol. The van der Waals surface area contributed by atoms with Gasteiger partial charge >= 0.3 is 5.97 Å².